The molecule has 0 spiro atoms. The molecular weight excluding hydrogens is 508 g/mol. The van der Waals surface area contributed by atoms with Crippen LogP contribution in [0.25, 0.3) is 0 Å². The Kier molecular flexibility index (Phi) is 6.19. The quantitative estimate of drug-likeness (QED) is 0.359. The second-order valence-corrected chi connectivity index (χ2v) is 9.61. The Labute approximate surface area is 223 Å². The van der Waals surface area contributed by atoms with Crippen LogP contribution in [0.4, 0.5) is 0 Å². The average molecular weight is 535 g/mol. The number of methoxy groups -OCH3 is 2. The van der Waals surface area contributed by atoms with Crippen LogP contribution in [0, 0.1) is 11.8 Å². The molecule has 1 fully saturated rings. The summed E-state index contributed by atoms with van der Waals surface area (Å²) >= 11 is 0. The maximum absolute atomic E-state index is 13.1. The summed E-state index contributed by atoms with van der Waals surface area (Å²) in [5.41, 5.74) is 2.34. The zero-order valence-corrected chi connectivity index (χ0v) is 21.2. The van der Waals surface area contributed by atoms with E-state index < -0.39 is 23.9 Å². The van der Waals surface area contributed by atoms with Gasteiger partial charge in [0, 0.05) is 17.4 Å². The number of aliphatic hydroxyl groups excluding tert-OH is 1. The Hall–Kier alpha value is -4.44. The second kappa shape index (κ2) is 9.70. The van der Waals surface area contributed by atoms with E-state index in [1.54, 1.807) is 48.5 Å². The molecule has 0 radical (unpaired) electrons. The maximum atomic E-state index is 13.1. The number of hydrogen-bond acceptors (Lipinski definition) is 10. The number of ether oxygens (including phenoxy) is 6. The van der Waals surface area contributed by atoms with Gasteiger partial charge in [-0.25, -0.2) is 4.79 Å². The normalized spacial score (nSPS) is 21.4. The van der Waals surface area contributed by atoms with E-state index in [1.807, 2.05) is 0 Å². The number of benzene rings is 3. The number of rotatable bonds is 6. The van der Waals surface area contributed by atoms with Crippen molar-refractivity contribution in [3.63, 3.8) is 0 Å². The summed E-state index contributed by atoms with van der Waals surface area (Å²) < 4.78 is 33.4. The first kappa shape index (κ1) is 24.9. The lowest BCUT2D eigenvalue weighted by Gasteiger charge is -2.34. The van der Waals surface area contributed by atoms with Gasteiger partial charge in [-0.2, -0.15) is 0 Å². The van der Waals surface area contributed by atoms with E-state index in [1.165, 1.54) is 14.2 Å². The predicted octanol–water partition coefficient (Wildman–Crippen LogP) is 3.25. The minimum absolute atomic E-state index is 0.0789. The number of aromatic hydroxyl groups is 1. The molecule has 4 unspecified atom stereocenters. The molecular formula is C29H26O10. The molecule has 1 saturated heterocycles. The molecule has 10 heteroatoms. The molecule has 10 nitrogen and oxygen atoms in total. The summed E-state index contributed by atoms with van der Waals surface area (Å²) in [5.74, 6) is -1.63. The minimum atomic E-state index is -1.52. The van der Waals surface area contributed by atoms with E-state index in [2.05, 4.69) is 0 Å². The molecule has 2 aliphatic heterocycles. The topological polar surface area (TPSA) is 130 Å². The van der Waals surface area contributed by atoms with Gasteiger partial charge in [-0.15, -0.1) is 0 Å². The molecule has 0 bridgehead atoms. The monoisotopic (exact) mass is 534 g/mol. The largest absolute Gasteiger partial charge is 0.502 e. The van der Waals surface area contributed by atoms with E-state index in [4.69, 9.17) is 28.4 Å². The summed E-state index contributed by atoms with van der Waals surface area (Å²) in [6, 6.07) is 13.5. The third kappa shape index (κ3) is 4.08. The van der Waals surface area contributed by atoms with Crippen molar-refractivity contribution in [1.82, 2.24) is 0 Å². The molecule has 39 heavy (non-hydrogen) atoms. The standard InChI is InChI=1S/C29H26O10/c1-34-19-9-15(10-20(35-2)25(19)31)22-17-11-21-27(38-13-37-21)26(18(17)8-16-12-36-28(32)23(16)22)39-29(33)24(30)14-6-4-3-5-7-14/h3-7,9-11,16,22-24,30-31H,8,12-13H2,1-2H3. The number of fused-ring (bicyclic) bond motifs is 3. The van der Waals surface area contributed by atoms with Crippen molar-refractivity contribution in [3.05, 3.63) is 70.8 Å². The van der Waals surface area contributed by atoms with Gasteiger partial charge in [0.1, 0.15) is 0 Å². The second-order valence-electron chi connectivity index (χ2n) is 9.61. The van der Waals surface area contributed by atoms with E-state index >= 15 is 0 Å². The Morgan fingerprint density at radius 3 is 2.44 bits per heavy atom. The van der Waals surface area contributed by atoms with Gasteiger partial charge in [0.25, 0.3) is 0 Å². The number of carbonyl (C=O) groups is 2. The van der Waals surface area contributed by atoms with Crippen LogP contribution < -0.4 is 23.7 Å². The summed E-state index contributed by atoms with van der Waals surface area (Å²) in [4.78, 5) is 26.1. The molecule has 3 aliphatic rings. The first-order valence-corrected chi connectivity index (χ1v) is 12.4. The summed E-state index contributed by atoms with van der Waals surface area (Å²) in [5, 5.41) is 21.2. The number of phenolic OH excluding ortho intramolecular Hbond substituents is 1. The molecule has 0 aromatic heterocycles. The molecule has 0 amide bonds. The van der Waals surface area contributed by atoms with Gasteiger partial charge < -0.3 is 38.6 Å². The van der Waals surface area contributed by atoms with Crippen LogP contribution in [0.15, 0.2) is 48.5 Å². The number of carbonyl (C=O) groups excluding carboxylic acids is 2. The molecule has 1 aliphatic carbocycles. The fourth-order valence-corrected chi connectivity index (χ4v) is 5.71. The summed E-state index contributed by atoms with van der Waals surface area (Å²) in [6.45, 7) is 0.116. The zero-order valence-electron chi connectivity index (χ0n) is 21.2. The van der Waals surface area contributed by atoms with Gasteiger partial charge in [0.2, 0.25) is 18.3 Å². The molecule has 3 aromatic rings. The van der Waals surface area contributed by atoms with Crippen LogP contribution in [0.1, 0.15) is 34.3 Å². The molecule has 4 atom stereocenters. The first-order valence-electron chi connectivity index (χ1n) is 12.4. The Bertz CT molecular complexity index is 1430. The number of hydrogen-bond donors (Lipinski definition) is 2. The van der Waals surface area contributed by atoms with Gasteiger partial charge in [-0.3, -0.25) is 4.79 Å². The van der Waals surface area contributed by atoms with E-state index in [0.29, 0.717) is 34.4 Å². The van der Waals surface area contributed by atoms with Crippen molar-refractivity contribution >= 4 is 11.9 Å². The SMILES string of the molecule is COc1cc(C2c3cc4c(c(OC(=O)C(O)c5ccccc5)c3CC3COC(=O)C32)OCO4)cc(OC)c1O. The molecule has 2 N–H and O–H groups in total. The highest BCUT2D eigenvalue weighted by atomic mass is 16.7. The fourth-order valence-electron chi connectivity index (χ4n) is 5.71. The van der Waals surface area contributed by atoms with Gasteiger partial charge in [-0.1, -0.05) is 30.3 Å². The lowest BCUT2D eigenvalue weighted by Crippen LogP contribution is -2.32. The minimum Gasteiger partial charge on any atom is -0.502 e. The summed E-state index contributed by atoms with van der Waals surface area (Å²) in [7, 11) is 2.85. The van der Waals surface area contributed by atoms with Crippen molar-refractivity contribution in [1.29, 1.82) is 0 Å². The van der Waals surface area contributed by atoms with Crippen molar-refractivity contribution in [2.24, 2.45) is 11.8 Å². The highest BCUT2D eigenvalue weighted by molar-refractivity contribution is 5.82. The lowest BCUT2D eigenvalue weighted by atomic mass is 9.67. The van der Waals surface area contributed by atoms with E-state index in [9.17, 15) is 19.8 Å². The van der Waals surface area contributed by atoms with Crippen LogP contribution in [0.3, 0.4) is 0 Å². The predicted molar refractivity (Wildman–Crippen MR) is 134 cm³/mol. The maximum Gasteiger partial charge on any atom is 0.345 e. The number of cyclic esters (lactones) is 1. The molecule has 6 rings (SSSR count). The third-order valence-electron chi connectivity index (χ3n) is 7.54. The van der Waals surface area contributed by atoms with Gasteiger partial charge >= 0.3 is 11.9 Å². The molecule has 2 heterocycles. The summed E-state index contributed by atoms with van der Waals surface area (Å²) in [6.07, 6.45) is -1.15. The van der Waals surface area contributed by atoms with Gasteiger partial charge in [0.05, 0.1) is 26.7 Å². The molecule has 0 saturated carbocycles. The smallest absolute Gasteiger partial charge is 0.345 e. The Morgan fingerprint density at radius 1 is 1.03 bits per heavy atom. The van der Waals surface area contributed by atoms with Crippen molar-refractivity contribution in [2.75, 3.05) is 27.6 Å². The average Bonchev–Trinajstić information content (AvgIpc) is 3.58. The number of phenols is 1. The highest BCUT2D eigenvalue weighted by Gasteiger charge is 2.50. The number of esters is 2. The van der Waals surface area contributed by atoms with Crippen LogP contribution >= 0.6 is 0 Å². The first-order chi connectivity index (χ1) is 18.9. The van der Waals surface area contributed by atoms with Gasteiger partial charge in [-0.05, 0) is 41.3 Å². The Balaban J connectivity index is 1.50. The fraction of sp³-hybridized carbons (Fsp3) is 0.310. The van der Waals surface area contributed by atoms with Crippen LogP contribution in [-0.2, 0) is 20.7 Å². The van der Waals surface area contributed by atoms with E-state index in [-0.39, 0.29) is 54.0 Å². The Morgan fingerprint density at radius 2 is 1.74 bits per heavy atom. The van der Waals surface area contributed by atoms with Crippen LogP contribution in [0.2, 0.25) is 0 Å². The van der Waals surface area contributed by atoms with Crippen molar-refractivity contribution < 1.29 is 48.2 Å². The molecule has 202 valence electrons. The van der Waals surface area contributed by atoms with Crippen LogP contribution in [0.5, 0.6) is 34.5 Å². The van der Waals surface area contributed by atoms with Crippen LogP contribution in [-0.4, -0.2) is 49.8 Å². The third-order valence-corrected chi connectivity index (χ3v) is 7.54. The van der Waals surface area contributed by atoms with Gasteiger partial charge in [0.15, 0.2) is 29.1 Å². The molecule has 3 aromatic carbocycles. The zero-order chi connectivity index (χ0) is 27.3. The van der Waals surface area contributed by atoms with Crippen molar-refractivity contribution in [2.45, 2.75) is 18.4 Å². The van der Waals surface area contributed by atoms with Crippen molar-refractivity contribution in [3.8, 4) is 34.5 Å². The lowest BCUT2D eigenvalue weighted by molar-refractivity contribution is -0.144. The number of aliphatic hydroxyl groups is 1. The highest BCUT2D eigenvalue weighted by Crippen LogP contribution is 2.56. The van der Waals surface area contributed by atoms with E-state index in [0.717, 1.165) is 0 Å².